The van der Waals surface area contributed by atoms with Gasteiger partial charge in [-0.05, 0) is 36.8 Å². The van der Waals surface area contributed by atoms with E-state index in [1.807, 2.05) is 30.3 Å². The monoisotopic (exact) mass is 310 g/mol. The summed E-state index contributed by atoms with van der Waals surface area (Å²) in [6.07, 6.45) is 1.29. The zero-order valence-corrected chi connectivity index (χ0v) is 12.6. The van der Waals surface area contributed by atoms with Crippen LogP contribution in [0.1, 0.15) is 23.2 Å². The van der Waals surface area contributed by atoms with Gasteiger partial charge in [-0.3, -0.25) is 9.59 Å². The van der Waals surface area contributed by atoms with Gasteiger partial charge >= 0.3 is 0 Å². The molecule has 118 valence electrons. The lowest BCUT2D eigenvalue weighted by Crippen LogP contribution is -2.38. The van der Waals surface area contributed by atoms with E-state index in [1.165, 1.54) is 0 Å². The molecular weight excluding hydrogens is 292 g/mol. The summed E-state index contributed by atoms with van der Waals surface area (Å²) in [5, 5.41) is 5.67. The second-order valence-electron chi connectivity index (χ2n) is 5.46. The Morgan fingerprint density at radius 3 is 2.65 bits per heavy atom. The van der Waals surface area contributed by atoms with Crippen molar-refractivity contribution in [3.8, 4) is 11.5 Å². The minimum atomic E-state index is -0.176. The fourth-order valence-electron chi connectivity index (χ4n) is 2.47. The first-order valence-electron chi connectivity index (χ1n) is 7.61. The number of hydrogen-bond donors (Lipinski definition) is 2. The summed E-state index contributed by atoms with van der Waals surface area (Å²) in [6, 6.07) is 16.5. The quantitative estimate of drug-likeness (QED) is 0.891. The first kappa shape index (κ1) is 15.1. The molecule has 3 rings (SSSR count). The number of amides is 2. The molecule has 1 atom stereocenters. The summed E-state index contributed by atoms with van der Waals surface area (Å²) in [5.74, 6) is 1.20. The van der Waals surface area contributed by atoms with E-state index in [9.17, 15) is 9.59 Å². The van der Waals surface area contributed by atoms with Crippen LogP contribution in [0.5, 0.6) is 11.5 Å². The van der Waals surface area contributed by atoms with Crippen LogP contribution < -0.4 is 15.4 Å². The van der Waals surface area contributed by atoms with E-state index < -0.39 is 0 Å². The van der Waals surface area contributed by atoms with Crippen LogP contribution in [0, 0.1) is 0 Å². The number of nitrogens with one attached hydrogen (secondary N) is 2. The molecule has 0 aromatic heterocycles. The fourth-order valence-corrected chi connectivity index (χ4v) is 2.47. The van der Waals surface area contributed by atoms with Crippen molar-refractivity contribution in [1.82, 2.24) is 10.6 Å². The van der Waals surface area contributed by atoms with Crippen LogP contribution in [0.15, 0.2) is 54.6 Å². The van der Waals surface area contributed by atoms with Gasteiger partial charge in [0.1, 0.15) is 11.5 Å². The highest BCUT2D eigenvalue weighted by Crippen LogP contribution is 2.21. The molecule has 1 aliphatic heterocycles. The molecule has 2 aromatic rings. The Bertz CT molecular complexity index is 700. The lowest BCUT2D eigenvalue weighted by Gasteiger charge is -2.12. The van der Waals surface area contributed by atoms with E-state index in [0.717, 1.165) is 12.2 Å². The number of para-hydroxylation sites is 1. The van der Waals surface area contributed by atoms with Crippen molar-refractivity contribution in [3.05, 3.63) is 60.2 Å². The van der Waals surface area contributed by atoms with E-state index in [2.05, 4.69) is 10.6 Å². The highest BCUT2D eigenvalue weighted by molar-refractivity contribution is 5.94. The maximum atomic E-state index is 12.2. The molecule has 0 bridgehead atoms. The predicted molar refractivity (Wildman–Crippen MR) is 86.5 cm³/mol. The Balaban J connectivity index is 1.60. The van der Waals surface area contributed by atoms with Crippen molar-refractivity contribution in [2.45, 2.75) is 18.9 Å². The minimum Gasteiger partial charge on any atom is -0.457 e. The van der Waals surface area contributed by atoms with Crippen LogP contribution in [0.2, 0.25) is 0 Å². The molecular formula is C18H18N2O3. The maximum Gasteiger partial charge on any atom is 0.251 e. The van der Waals surface area contributed by atoms with Crippen LogP contribution in [0.4, 0.5) is 0 Å². The Kier molecular flexibility index (Phi) is 4.57. The van der Waals surface area contributed by atoms with Gasteiger partial charge in [-0.25, -0.2) is 0 Å². The number of carbonyl (C=O) groups is 2. The third-order valence-corrected chi connectivity index (χ3v) is 3.67. The number of rotatable bonds is 5. The van der Waals surface area contributed by atoms with Crippen molar-refractivity contribution in [3.63, 3.8) is 0 Å². The van der Waals surface area contributed by atoms with E-state index in [0.29, 0.717) is 24.3 Å². The second kappa shape index (κ2) is 6.96. The first-order chi connectivity index (χ1) is 11.2. The van der Waals surface area contributed by atoms with Gasteiger partial charge in [0.25, 0.3) is 5.91 Å². The topological polar surface area (TPSA) is 67.4 Å². The van der Waals surface area contributed by atoms with Crippen LogP contribution in [0.3, 0.4) is 0 Å². The zero-order chi connectivity index (χ0) is 16.1. The predicted octanol–water partition coefficient (Wildman–Crippen LogP) is 2.49. The van der Waals surface area contributed by atoms with E-state index in [1.54, 1.807) is 24.3 Å². The standard InChI is InChI=1S/C18H18N2O3/c21-17-10-9-14(20-17)12-19-18(22)13-5-4-8-16(11-13)23-15-6-2-1-3-7-15/h1-8,11,14H,9-10,12H2,(H,19,22)(H,20,21)/t14-/m0/s1. The normalized spacial score (nSPS) is 16.7. The lowest BCUT2D eigenvalue weighted by molar-refractivity contribution is -0.119. The van der Waals surface area contributed by atoms with E-state index in [-0.39, 0.29) is 17.9 Å². The van der Waals surface area contributed by atoms with Gasteiger partial charge < -0.3 is 15.4 Å². The van der Waals surface area contributed by atoms with Crippen LogP contribution >= 0.6 is 0 Å². The number of benzene rings is 2. The largest absolute Gasteiger partial charge is 0.457 e. The van der Waals surface area contributed by atoms with E-state index in [4.69, 9.17) is 4.74 Å². The highest BCUT2D eigenvalue weighted by Gasteiger charge is 2.21. The molecule has 1 aliphatic rings. The maximum absolute atomic E-state index is 12.2. The Morgan fingerprint density at radius 2 is 1.91 bits per heavy atom. The van der Waals surface area contributed by atoms with Gasteiger partial charge in [0.2, 0.25) is 5.91 Å². The van der Waals surface area contributed by atoms with Crippen molar-refractivity contribution in [2.24, 2.45) is 0 Å². The molecule has 1 saturated heterocycles. The summed E-state index contributed by atoms with van der Waals surface area (Å²) in [6.45, 7) is 0.439. The third kappa shape index (κ3) is 4.10. The van der Waals surface area contributed by atoms with Gasteiger partial charge in [-0.15, -0.1) is 0 Å². The SMILES string of the molecule is O=C1CC[C@@H](CNC(=O)c2cccc(Oc3ccccc3)c2)N1. The van der Waals surface area contributed by atoms with Crippen LogP contribution in [-0.4, -0.2) is 24.4 Å². The molecule has 1 heterocycles. The highest BCUT2D eigenvalue weighted by atomic mass is 16.5. The zero-order valence-electron chi connectivity index (χ0n) is 12.6. The molecule has 5 nitrogen and oxygen atoms in total. The molecule has 2 N–H and O–H groups in total. The van der Waals surface area contributed by atoms with Crippen molar-refractivity contribution in [1.29, 1.82) is 0 Å². The minimum absolute atomic E-state index is 0.0233. The summed E-state index contributed by atoms with van der Waals surface area (Å²) in [5.41, 5.74) is 0.530. The van der Waals surface area contributed by atoms with Gasteiger partial charge in [0.15, 0.2) is 0 Å². The number of hydrogen-bond acceptors (Lipinski definition) is 3. The van der Waals surface area contributed by atoms with Crippen molar-refractivity contribution in [2.75, 3.05) is 6.54 Å². The molecule has 5 heteroatoms. The summed E-state index contributed by atoms with van der Waals surface area (Å²) < 4.78 is 5.72. The van der Waals surface area contributed by atoms with Gasteiger partial charge in [0.05, 0.1) is 0 Å². The summed E-state index contributed by atoms with van der Waals surface area (Å²) in [7, 11) is 0. The Morgan fingerprint density at radius 1 is 1.13 bits per heavy atom. The van der Waals surface area contributed by atoms with Gasteiger partial charge in [0, 0.05) is 24.6 Å². The molecule has 23 heavy (non-hydrogen) atoms. The molecule has 0 spiro atoms. The lowest BCUT2D eigenvalue weighted by atomic mass is 10.2. The van der Waals surface area contributed by atoms with E-state index >= 15 is 0 Å². The molecule has 2 amide bonds. The molecule has 2 aromatic carbocycles. The van der Waals surface area contributed by atoms with Crippen LogP contribution in [0.25, 0.3) is 0 Å². The third-order valence-electron chi connectivity index (χ3n) is 3.67. The molecule has 0 radical (unpaired) electrons. The number of ether oxygens (including phenoxy) is 1. The Hall–Kier alpha value is -2.82. The summed E-state index contributed by atoms with van der Waals surface area (Å²) in [4.78, 5) is 23.4. The first-order valence-corrected chi connectivity index (χ1v) is 7.61. The van der Waals surface area contributed by atoms with Gasteiger partial charge in [-0.2, -0.15) is 0 Å². The van der Waals surface area contributed by atoms with Crippen molar-refractivity contribution < 1.29 is 14.3 Å². The average Bonchev–Trinajstić information content (AvgIpc) is 2.99. The van der Waals surface area contributed by atoms with Crippen LogP contribution in [-0.2, 0) is 4.79 Å². The smallest absolute Gasteiger partial charge is 0.251 e. The van der Waals surface area contributed by atoms with Crippen molar-refractivity contribution >= 4 is 11.8 Å². The fraction of sp³-hybridized carbons (Fsp3) is 0.222. The average molecular weight is 310 g/mol. The molecule has 0 aliphatic carbocycles. The summed E-state index contributed by atoms with van der Waals surface area (Å²) >= 11 is 0. The number of carbonyl (C=O) groups excluding carboxylic acids is 2. The molecule has 0 saturated carbocycles. The Labute approximate surface area is 134 Å². The molecule has 0 unspecified atom stereocenters. The second-order valence-corrected chi connectivity index (χ2v) is 5.46. The van der Waals surface area contributed by atoms with Gasteiger partial charge in [-0.1, -0.05) is 24.3 Å². The molecule has 1 fully saturated rings.